The van der Waals surface area contributed by atoms with Crippen molar-refractivity contribution in [3.63, 3.8) is 0 Å². The Morgan fingerprint density at radius 1 is 1.20 bits per heavy atom. The molecule has 0 fully saturated rings. The van der Waals surface area contributed by atoms with Crippen LogP contribution < -0.4 is 5.56 Å². The van der Waals surface area contributed by atoms with Crippen molar-refractivity contribution in [1.29, 1.82) is 0 Å². The zero-order chi connectivity index (χ0) is 18.1. The van der Waals surface area contributed by atoms with Gasteiger partial charge in [-0.25, -0.2) is 13.5 Å². The Hall–Kier alpha value is -3.36. The maximum absolute atomic E-state index is 14.3. The largest absolute Gasteiger partial charge is 0.307 e. The molecule has 0 atom stereocenters. The molecule has 128 valence electrons. The molecule has 0 aliphatic carbocycles. The lowest BCUT2D eigenvalue weighted by Crippen LogP contribution is -2.22. The second-order valence-electron chi connectivity index (χ2n) is 5.15. The summed E-state index contributed by atoms with van der Waals surface area (Å²) in [5, 5.41) is 14.7. The van der Waals surface area contributed by atoms with Crippen LogP contribution in [-0.2, 0) is 6.54 Å². The van der Waals surface area contributed by atoms with Gasteiger partial charge in [-0.2, -0.15) is 5.10 Å². The molecule has 0 amide bonds. The molecule has 9 heteroatoms. The molecule has 0 saturated heterocycles. The fraction of sp³-hybridized carbons (Fsp3) is 0.125. The molecule has 7 nitrogen and oxygen atoms in total. The highest BCUT2D eigenvalue weighted by Crippen LogP contribution is 2.30. The van der Waals surface area contributed by atoms with E-state index in [0.717, 1.165) is 29.2 Å². The van der Waals surface area contributed by atoms with E-state index in [1.807, 2.05) is 0 Å². The molecule has 0 unspecified atom stereocenters. The minimum Gasteiger partial charge on any atom is -0.306 e. The van der Waals surface area contributed by atoms with Crippen LogP contribution in [0.2, 0.25) is 0 Å². The second-order valence-corrected chi connectivity index (χ2v) is 5.15. The van der Waals surface area contributed by atoms with Gasteiger partial charge in [0.25, 0.3) is 5.56 Å². The standard InChI is InChI=1S/C16H12F2N4O3/c1-2-20-14(23)7-6-13(21-9-10(8-19-21)22(24)25)16(20)15-11(17)4-3-5-12(15)18/h3-9H,2H2,1H3. The van der Waals surface area contributed by atoms with Gasteiger partial charge in [-0.3, -0.25) is 14.9 Å². The number of rotatable bonds is 4. The lowest BCUT2D eigenvalue weighted by atomic mass is 10.1. The molecule has 25 heavy (non-hydrogen) atoms. The predicted molar refractivity (Wildman–Crippen MR) is 85.5 cm³/mol. The van der Waals surface area contributed by atoms with Crippen LogP contribution >= 0.6 is 0 Å². The van der Waals surface area contributed by atoms with E-state index < -0.39 is 27.7 Å². The van der Waals surface area contributed by atoms with Gasteiger partial charge in [-0.1, -0.05) is 6.07 Å². The Bertz CT molecular complexity index is 1010. The minimum atomic E-state index is -0.851. The van der Waals surface area contributed by atoms with Crippen LogP contribution in [0.5, 0.6) is 0 Å². The molecular formula is C16H12F2N4O3. The summed E-state index contributed by atoms with van der Waals surface area (Å²) >= 11 is 0. The first-order valence-electron chi connectivity index (χ1n) is 7.31. The Kier molecular flexibility index (Phi) is 4.14. The van der Waals surface area contributed by atoms with Gasteiger partial charge in [0, 0.05) is 12.6 Å². The molecule has 0 bridgehead atoms. The molecule has 0 N–H and O–H groups in total. The zero-order valence-electron chi connectivity index (χ0n) is 13.0. The van der Waals surface area contributed by atoms with Crippen LogP contribution in [0.1, 0.15) is 6.92 Å². The first-order chi connectivity index (χ1) is 11.9. The summed E-state index contributed by atoms with van der Waals surface area (Å²) in [6, 6.07) is 5.90. The Morgan fingerprint density at radius 2 is 1.88 bits per heavy atom. The first kappa shape index (κ1) is 16.5. The molecule has 0 aliphatic rings. The van der Waals surface area contributed by atoms with Crippen molar-refractivity contribution in [1.82, 2.24) is 14.3 Å². The van der Waals surface area contributed by atoms with Gasteiger partial charge in [0.15, 0.2) is 0 Å². The van der Waals surface area contributed by atoms with Gasteiger partial charge in [-0.05, 0) is 25.1 Å². The van der Waals surface area contributed by atoms with E-state index in [0.29, 0.717) is 0 Å². The third-order valence-electron chi connectivity index (χ3n) is 3.70. The summed E-state index contributed by atoms with van der Waals surface area (Å²) in [7, 11) is 0. The number of aromatic nitrogens is 3. The van der Waals surface area contributed by atoms with Gasteiger partial charge in [0.2, 0.25) is 0 Å². The Morgan fingerprint density at radius 3 is 2.44 bits per heavy atom. The number of nitrogens with zero attached hydrogens (tertiary/aromatic N) is 4. The summed E-state index contributed by atoms with van der Waals surface area (Å²) in [5.41, 5.74) is -1.02. The quantitative estimate of drug-likeness (QED) is 0.537. The van der Waals surface area contributed by atoms with E-state index in [1.54, 1.807) is 6.92 Å². The number of halogens is 2. The number of benzene rings is 1. The SMILES string of the molecule is CCn1c(-c2c(F)cccc2F)c(-n2cc([N+](=O)[O-])cn2)ccc1=O. The highest BCUT2D eigenvalue weighted by Gasteiger charge is 2.21. The van der Waals surface area contributed by atoms with Gasteiger partial charge < -0.3 is 4.57 Å². The van der Waals surface area contributed by atoms with E-state index in [4.69, 9.17) is 0 Å². The van der Waals surface area contributed by atoms with E-state index in [1.165, 1.54) is 22.8 Å². The number of hydrogen-bond donors (Lipinski definition) is 0. The van der Waals surface area contributed by atoms with Crippen molar-refractivity contribution in [2.24, 2.45) is 0 Å². The van der Waals surface area contributed by atoms with Crippen LogP contribution in [0.15, 0.2) is 47.5 Å². The Labute approximate surface area is 139 Å². The predicted octanol–water partition coefficient (Wildman–Crippen LogP) is 2.91. The van der Waals surface area contributed by atoms with Crippen molar-refractivity contribution >= 4 is 5.69 Å². The van der Waals surface area contributed by atoms with E-state index >= 15 is 0 Å². The average Bonchev–Trinajstić information content (AvgIpc) is 3.05. The monoisotopic (exact) mass is 346 g/mol. The van der Waals surface area contributed by atoms with Crippen LogP contribution in [0.3, 0.4) is 0 Å². The van der Waals surface area contributed by atoms with Crippen molar-refractivity contribution in [2.45, 2.75) is 13.5 Å². The van der Waals surface area contributed by atoms with E-state index in [-0.39, 0.29) is 23.6 Å². The topological polar surface area (TPSA) is 83.0 Å². The number of nitro groups is 1. The zero-order valence-corrected chi connectivity index (χ0v) is 13.0. The number of hydrogen-bond acceptors (Lipinski definition) is 4. The summed E-state index contributed by atoms with van der Waals surface area (Å²) in [4.78, 5) is 22.4. The summed E-state index contributed by atoms with van der Waals surface area (Å²) < 4.78 is 30.9. The summed E-state index contributed by atoms with van der Waals surface area (Å²) in [6.45, 7) is 1.80. The van der Waals surface area contributed by atoms with Gasteiger partial charge in [0.1, 0.15) is 24.0 Å². The third kappa shape index (κ3) is 2.80. The third-order valence-corrected chi connectivity index (χ3v) is 3.70. The van der Waals surface area contributed by atoms with Crippen molar-refractivity contribution in [2.75, 3.05) is 0 Å². The molecule has 2 heterocycles. The lowest BCUT2D eigenvalue weighted by molar-refractivity contribution is -0.384. The fourth-order valence-corrected chi connectivity index (χ4v) is 2.59. The molecule has 3 rings (SSSR count). The fourth-order valence-electron chi connectivity index (χ4n) is 2.59. The van der Waals surface area contributed by atoms with Crippen molar-refractivity contribution < 1.29 is 13.7 Å². The van der Waals surface area contributed by atoms with E-state index in [2.05, 4.69) is 5.10 Å². The highest BCUT2D eigenvalue weighted by atomic mass is 19.1. The minimum absolute atomic E-state index is 0.0383. The maximum atomic E-state index is 14.3. The maximum Gasteiger partial charge on any atom is 0.307 e. The van der Waals surface area contributed by atoms with Gasteiger partial charge in [-0.15, -0.1) is 0 Å². The number of pyridine rings is 1. The van der Waals surface area contributed by atoms with E-state index in [9.17, 15) is 23.7 Å². The molecular weight excluding hydrogens is 334 g/mol. The normalized spacial score (nSPS) is 10.8. The smallest absolute Gasteiger partial charge is 0.306 e. The summed E-state index contributed by atoms with van der Waals surface area (Å²) in [6.07, 6.45) is 2.13. The molecule has 0 spiro atoms. The average molecular weight is 346 g/mol. The molecule has 0 saturated carbocycles. The van der Waals surface area contributed by atoms with Gasteiger partial charge >= 0.3 is 5.69 Å². The van der Waals surface area contributed by atoms with Crippen molar-refractivity contribution in [3.8, 4) is 16.9 Å². The molecule has 1 aromatic carbocycles. The molecule has 0 aliphatic heterocycles. The van der Waals surface area contributed by atoms with Crippen LogP contribution in [0.4, 0.5) is 14.5 Å². The van der Waals surface area contributed by atoms with Crippen LogP contribution in [0.25, 0.3) is 16.9 Å². The second kappa shape index (κ2) is 6.27. The van der Waals surface area contributed by atoms with Crippen LogP contribution in [-0.4, -0.2) is 19.3 Å². The Balaban J connectivity index is 2.37. The molecule has 2 aromatic heterocycles. The molecule has 3 aromatic rings. The molecule has 0 radical (unpaired) electrons. The highest BCUT2D eigenvalue weighted by molar-refractivity contribution is 5.70. The van der Waals surface area contributed by atoms with Crippen LogP contribution in [0, 0.1) is 21.7 Å². The first-order valence-corrected chi connectivity index (χ1v) is 7.31. The lowest BCUT2D eigenvalue weighted by Gasteiger charge is -2.17. The summed E-state index contributed by atoms with van der Waals surface area (Å²) in [5.74, 6) is -1.70. The van der Waals surface area contributed by atoms with Gasteiger partial charge in [0.05, 0.1) is 21.9 Å². The van der Waals surface area contributed by atoms with Crippen molar-refractivity contribution in [3.05, 3.63) is 74.8 Å².